The number of esters is 1. The fourth-order valence-electron chi connectivity index (χ4n) is 2.28. The Kier molecular flexibility index (Phi) is 5.82. The lowest BCUT2D eigenvalue weighted by Gasteiger charge is -2.29. The summed E-state index contributed by atoms with van der Waals surface area (Å²) in [5, 5.41) is 6.01. The number of hydrogen-bond acceptors (Lipinski definition) is 5. The summed E-state index contributed by atoms with van der Waals surface area (Å²) in [4.78, 5) is 26.0. The Morgan fingerprint density at radius 1 is 1.48 bits per heavy atom. The van der Waals surface area contributed by atoms with Gasteiger partial charge in [-0.1, -0.05) is 35.4 Å². The number of cyclic esters (lactones) is 1. The van der Waals surface area contributed by atoms with Gasteiger partial charge in [-0.05, 0) is 30.9 Å². The monoisotopic (exact) mass is 318 g/mol. The summed E-state index contributed by atoms with van der Waals surface area (Å²) in [6.07, 6.45) is -0.832. The summed E-state index contributed by atoms with van der Waals surface area (Å²) in [7, 11) is 0. The summed E-state index contributed by atoms with van der Waals surface area (Å²) in [5.74, 6) is -0.584. The molecule has 1 aromatic carbocycles. The smallest absolute Gasteiger partial charge is 0.407 e. The highest BCUT2D eigenvalue weighted by molar-refractivity contribution is 5.77. The standard InChI is InChI=1S/C15H18N4O4/c1-10(13-8-7-12(18-19-16)14(20)23-13)22-15(21)17-9-11-5-3-2-4-6-11/h2-6,10,12-13H,7-9H2,1H3,(H,17,21)/t10-,12?,13-/m0/s1. The van der Waals surface area contributed by atoms with Crippen LogP contribution >= 0.6 is 0 Å². The van der Waals surface area contributed by atoms with Crippen LogP contribution in [0, 0.1) is 0 Å². The van der Waals surface area contributed by atoms with Crippen LogP contribution in [0.4, 0.5) is 4.79 Å². The molecule has 1 amide bonds. The summed E-state index contributed by atoms with van der Waals surface area (Å²) in [6.45, 7) is 2.02. The largest absolute Gasteiger partial charge is 0.458 e. The van der Waals surface area contributed by atoms with Crippen molar-refractivity contribution in [2.24, 2.45) is 5.11 Å². The second-order valence-electron chi connectivity index (χ2n) is 5.22. The number of benzene rings is 1. The van der Waals surface area contributed by atoms with Crippen LogP contribution in [0.5, 0.6) is 0 Å². The number of rotatable bonds is 5. The van der Waals surface area contributed by atoms with Crippen LogP contribution in [0.3, 0.4) is 0 Å². The number of nitrogens with one attached hydrogen (secondary N) is 1. The molecule has 0 radical (unpaired) electrons. The highest BCUT2D eigenvalue weighted by atomic mass is 16.6. The van der Waals surface area contributed by atoms with E-state index in [0.717, 1.165) is 5.56 Å². The fraction of sp³-hybridized carbons (Fsp3) is 0.467. The van der Waals surface area contributed by atoms with Gasteiger partial charge in [0.25, 0.3) is 0 Å². The lowest BCUT2D eigenvalue weighted by atomic mass is 10.0. The van der Waals surface area contributed by atoms with E-state index in [0.29, 0.717) is 19.4 Å². The molecule has 0 bridgehead atoms. The van der Waals surface area contributed by atoms with Crippen molar-refractivity contribution in [3.63, 3.8) is 0 Å². The lowest BCUT2D eigenvalue weighted by Crippen LogP contribution is -2.42. The maximum atomic E-state index is 11.8. The zero-order valence-corrected chi connectivity index (χ0v) is 12.7. The molecule has 1 aliphatic rings. The van der Waals surface area contributed by atoms with Gasteiger partial charge in [-0.3, -0.25) is 4.79 Å². The quantitative estimate of drug-likeness (QED) is 0.389. The van der Waals surface area contributed by atoms with Crippen LogP contribution in [0.2, 0.25) is 0 Å². The van der Waals surface area contributed by atoms with Crippen LogP contribution in [-0.2, 0) is 20.8 Å². The minimum absolute atomic E-state index is 0.357. The number of nitrogens with zero attached hydrogens (tertiary/aromatic N) is 3. The van der Waals surface area contributed by atoms with E-state index in [4.69, 9.17) is 15.0 Å². The molecule has 122 valence electrons. The second-order valence-corrected chi connectivity index (χ2v) is 5.22. The molecule has 8 nitrogen and oxygen atoms in total. The maximum Gasteiger partial charge on any atom is 0.407 e. The third kappa shape index (κ3) is 4.89. The van der Waals surface area contributed by atoms with Gasteiger partial charge in [0.15, 0.2) is 0 Å². The van der Waals surface area contributed by atoms with E-state index in [2.05, 4.69) is 15.3 Å². The highest BCUT2D eigenvalue weighted by Crippen LogP contribution is 2.21. The fourth-order valence-corrected chi connectivity index (χ4v) is 2.28. The van der Waals surface area contributed by atoms with E-state index in [-0.39, 0.29) is 0 Å². The first-order chi connectivity index (χ1) is 11.1. The number of hydrogen-bond donors (Lipinski definition) is 1. The third-order valence-corrected chi connectivity index (χ3v) is 3.55. The Hall–Kier alpha value is -2.73. The number of carbonyl (C=O) groups is 2. The topological polar surface area (TPSA) is 113 Å². The molecule has 1 heterocycles. The van der Waals surface area contributed by atoms with Crippen LogP contribution in [0.25, 0.3) is 10.4 Å². The molecule has 1 unspecified atom stereocenters. The molecular formula is C15H18N4O4. The van der Waals surface area contributed by atoms with Crippen molar-refractivity contribution < 1.29 is 19.1 Å². The Balaban J connectivity index is 1.78. The Morgan fingerprint density at radius 3 is 2.87 bits per heavy atom. The predicted octanol–water partition coefficient (Wildman–Crippen LogP) is 2.69. The molecular weight excluding hydrogens is 300 g/mol. The third-order valence-electron chi connectivity index (χ3n) is 3.55. The molecule has 0 aromatic heterocycles. The molecule has 0 spiro atoms. The molecule has 2 rings (SSSR count). The predicted molar refractivity (Wildman–Crippen MR) is 81.3 cm³/mol. The summed E-state index contributed by atoms with van der Waals surface area (Å²) >= 11 is 0. The number of alkyl carbamates (subject to hydrolysis) is 1. The molecule has 23 heavy (non-hydrogen) atoms. The molecule has 3 atom stereocenters. The van der Waals surface area contributed by atoms with Gasteiger partial charge in [0.2, 0.25) is 0 Å². The first-order valence-electron chi connectivity index (χ1n) is 7.33. The molecule has 1 fully saturated rings. The van der Waals surface area contributed by atoms with Crippen molar-refractivity contribution in [1.29, 1.82) is 0 Å². The number of carbonyl (C=O) groups excluding carboxylic acids is 2. The first-order valence-corrected chi connectivity index (χ1v) is 7.33. The van der Waals surface area contributed by atoms with Crippen molar-refractivity contribution in [1.82, 2.24) is 5.32 Å². The van der Waals surface area contributed by atoms with E-state index >= 15 is 0 Å². The summed E-state index contributed by atoms with van der Waals surface area (Å²) in [6, 6.07) is 8.64. The summed E-state index contributed by atoms with van der Waals surface area (Å²) in [5.41, 5.74) is 9.31. The number of amides is 1. The molecule has 0 aliphatic carbocycles. The van der Waals surface area contributed by atoms with Crippen LogP contribution in [0.15, 0.2) is 35.4 Å². The minimum Gasteiger partial charge on any atom is -0.458 e. The van der Waals surface area contributed by atoms with Gasteiger partial charge >= 0.3 is 12.1 Å². The van der Waals surface area contributed by atoms with Crippen molar-refractivity contribution >= 4 is 12.1 Å². The Labute approximate surface area is 133 Å². The first kappa shape index (κ1) is 16.6. The maximum absolute atomic E-state index is 11.8. The van der Waals surface area contributed by atoms with Crippen LogP contribution in [0.1, 0.15) is 25.3 Å². The van der Waals surface area contributed by atoms with Gasteiger partial charge in [0.05, 0.1) is 0 Å². The van der Waals surface area contributed by atoms with Gasteiger partial charge in [-0.25, -0.2) is 4.79 Å². The zero-order valence-electron chi connectivity index (χ0n) is 12.7. The minimum atomic E-state index is -0.796. The SMILES string of the molecule is C[C@H](OC(=O)NCc1ccccc1)[C@@H]1CCC(N=[N+]=[N-])C(=O)O1. The zero-order chi connectivity index (χ0) is 16.7. The van der Waals surface area contributed by atoms with E-state index in [1.54, 1.807) is 6.92 Å². The van der Waals surface area contributed by atoms with Gasteiger partial charge in [-0.15, -0.1) is 0 Å². The Bertz CT molecular complexity index is 601. The summed E-state index contributed by atoms with van der Waals surface area (Å²) < 4.78 is 10.4. The molecule has 1 N–H and O–H groups in total. The molecule has 1 aliphatic heterocycles. The van der Waals surface area contributed by atoms with Crippen molar-refractivity contribution in [2.75, 3.05) is 0 Å². The van der Waals surface area contributed by atoms with E-state index in [1.807, 2.05) is 30.3 Å². The second kappa shape index (κ2) is 8.05. The van der Waals surface area contributed by atoms with Crippen molar-refractivity contribution in [3.8, 4) is 0 Å². The average Bonchev–Trinajstić information content (AvgIpc) is 2.56. The van der Waals surface area contributed by atoms with Crippen LogP contribution in [-0.4, -0.2) is 30.3 Å². The molecule has 1 aromatic rings. The molecule has 1 saturated heterocycles. The normalized spacial score (nSPS) is 21.5. The van der Waals surface area contributed by atoms with Gasteiger partial charge in [0, 0.05) is 11.5 Å². The van der Waals surface area contributed by atoms with Crippen molar-refractivity contribution in [2.45, 2.75) is 44.6 Å². The Morgan fingerprint density at radius 2 is 2.22 bits per heavy atom. The average molecular weight is 318 g/mol. The van der Waals surface area contributed by atoms with Crippen molar-refractivity contribution in [3.05, 3.63) is 46.3 Å². The van der Waals surface area contributed by atoms with Crippen LogP contribution < -0.4 is 5.32 Å². The van der Waals surface area contributed by atoms with Gasteiger partial charge < -0.3 is 14.8 Å². The van der Waals surface area contributed by atoms with Gasteiger partial charge in [0.1, 0.15) is 18.2 Å². The number of ether oxygens (including phenoxy) is 2. The number of azide groups is 1. The molecule has 0 saturated carbocycles. The van der Waals surface area contributed by atoms with Gasteiger partial charge in [-0.2, -0.15) is 0 Å². The van der Waals surface area contributed by atoms with E-state index in [1.165, 1.54) is 0 Å². The molecule has 8 heteroatoms. The van der Waals surface area contributed by atoms with E-state index in [9.17, 15) is 9.59 Å². The van der Waals surface area contributed by atoms with E-state index < -0.39 is 30.3 Å². The highest BCUT2D eigenvalue weighted by Gasteiger charge is 2.33. The lowest BCUT2D eigenvalue weighted by molar-refractivity contribution is -0.162.